The highest BCUT2D eigenvalue weighted by atomic mass is 32.1. The highest BCUT2D eigenvalue weighted by Gasteiger charge is 2.18. The van der Waals surface area contributed by atoms with Gasteiger partial charge in [0.25, 0.3) is 11.8 Å². The average Bonchev–Trinajstić information content (AvgIpc) is 3.39. The lowest BCUT2D eigenvalue weighted by molar-refractivity contribution is 0.102. The maximum absolute atomic E-state index is 13.1. The van der Waals surface area contributed by atoms with E-state index in [1.165, 1.54) is 23.5 Å². The molecule has 1 amide bonds. The van der Waals surface area contributed by atoms with Crippen LogP contribution in [0.5, 0.6) is 5.75 Å². The Morgan fingerprint density at radius 2 is 1.90 bits per heavy atom. The lowest BCUT2D eigenvalue weighted by atomic mass is 10.2. The molecule has 0 aliphatic carbocycles. The number of benzene rings is 2. The molecule has 0 aliphatic rings. The number of nitrogens with zero attached hydrogens (tertiary/aromatic N) is 2. The van der Waals surface area contributed by atoms with E-state index in [0.29, 0.717) is 39.9 Å². The van der Waals surface area contributed by atoms with Gasteiger partial charge in [-0.1, -0.05) is 5.16 Å². The molecule has 0 saturated heterocycles. The number of thiophene rings is 1. The van der Waals surface area contributed by atoms with Gasteiger partial charge in [-0.2, -0.15) is 4.98 Å². The van der Waals surface area contributed by atoms with Crippen LogP contribution in [0, 0.1) is 5.82 Å². The minimum atomic E-state index is -0.338. The number of nitrogens with one attached hydrogen (secondary N) is 1. The molecule has 29 heavy (non-hydrogen) atoms. The van der Waals surface area contributed by atoms with Gasteiger partial charge in [0.15, 0.2) is 0 Å². The molecule has 6 nitrogen and oxygen atoms in total. The van der Waals surface area contributed by atoms with E-state index in [2.05, 4.69) is 15.5 Å². The summed E-state index contributed by atoms with van der Waals surface area (Å²) in [7, 11) is 0. The number of anilines is 1. The van der Waals surface area contributed by atoms with Crippen LogP contribution in [-0.4, -0.2) is 22.7 Å². The van der Waals surface area contributed by atoms with Crippen molar-refractivity contribution in [2.24, 2.45) is 0 Å². The first-order chi connectivity index (χ1) is 14.1. The highest BCUT2D eigenvalue weighted by molar-refractivity contribution is 7.14. The summed E-state index contributed by atoms with van der Waals surface area (Å²) in [6.45, 7) is 2.46. The molecular weight excluding hydrogens is 393 g/mol. The number of ether oxygens (including phenoxy) is 1. The minimum absolute atomic E-state index is 0.258. The van der Waals surface area contributed by atoms with Crippen molar-refractivity contribution in [2.75, 3.05) is 11.9 Å². The molecule has 0 atom stereocenters. The fourth-order valence-corrected chi connectivity index (χ4v) is 3.44. The Bertz CT molecular complexity index is 1120. The van der Waals surface area contributed by atoms with Crippen molar-refractivity contribution in [1.29, 1.82) is 0 Å². The topological polar surface area (TPSA) is 77.2 Å². The maximum atomic E-state index is 13.1. The summed E-state index contributed by atoms with van der Waals surface area (Å²) in [6, 6.07) is 14.5. The summed E-state index contributed by atoms with van der Waals surface area (Å²) in [5, 5.41) is 8.64. The number of hydrogen-bond donors (Lipinski definition) is 1. The summed E-state index contributed by atoms with van der Waals surface area (Å²) in [4.78, 5) is 17.6. The Hall–Kier alpha value is -3.52. The summed E-state index contributed by atoms with van der Waals surface area (Å²) in [6.07, 6.45) is 0. The second-order valence-corrected chi connectivity index (χ2v) is 6.92. The van der Waals surface area contributed by atoms with Crippen molar-refractivity contribution >= 4 is 22.9 Å². The van der Waals surface area contributed by atoms with E-state index in [4.69, 9.17) is 9.26 Å². The molecule has 0 bridgehead atoms. The van der Waals surface area contributed by atoms with Crippen molar-refractivity contribution < 1.29 is 18.4 Å². The predicted octanol–water partition coefficient (Wildman–Crippen LogP) is 5.26. The highest BCUT2D eigenvalue weighted by Crippen LogP contribution is 2.34. The Labute approximate surface area is 170 Å². The molecule has 2 heterocycles. The maximum Gasteiger partial charge on any atom is 0.270 e. The van der Waals surface area contributed by atoms with Crippen LogP contribution >= 0.6 is 11.3 Å². The first kappa shape index (κ1) is 18.8. The Kier molecular flexibility index (Phi) is 5.35. The van der Waals surface area contributed by atoms with Crippen LogP contribution in [0.2, 0.25) is 0 Å². The van der Waals surface area contributed by atoms with Gasteiger partial charge in [0.1, 0.15) is 16.4 Å². The SMILES string of the molecule is CCOc1ccc(C(=O)Nc2ccsc2-c2nc(-c3ccc(F)cc3)no2)cc1. The third kappa shape index (κ3) is 4.17. The van der Waals surface area contributed by atoms with Crippen molar-refractivity contribution in [3.63, 3.8) is 0 Å². The molecule has 2 aromatic carbocycles. The van der Waals surface area contributed by atoms with Gasteiger partial charge >= 0.3 is 0 Å². The first-order valence-electron chi connectivity index (χ1n) is 8.86. The van der Waals surface area contributed by atoms with Gasteiger partial charge in [-0.3, -0.25) is 4.79 Å². The van der Waals surface area contributed by atoms with E-state index < -0.39 is 0 Å². The van der Waals surface area contributed by atoms with Gasteiger partial charge < -0.3 is 14.6 Å². The van der Waals surface area contributed by atoms with Gasteiger partial charge in [-0.25, -0.2) is 4.39 Å². The fraction of sp³-hybridized carbons (Fsp3) is 0.0952. The van der Waals surface area contributed by atoms with E-state index in [0.717, 1.165) is 0 Å². The van der Waals surface area contributed by atoms with E-state index >= 15 is 0 Å². The Balaban J connectivity index is 1.53. The monoisotopic (exact) mass is 409 g/mol. The summed E-state index contributed by atoms with van der Waals surface area (Å²) in [5.74, 6) is 0.735. The third-order valence-electron chi connectivity index (χ3n) is 4.06. The number of carbonyl (C=O) groups excluding carboxylic acids is 1. The standard InChI is InChI=1S/C21H16FN3O3S/c1-2-27-16-9-5-14(6-10-16)20(26)23-17-11-12-29-18(17)21-24-19(25-28-21)13-3-7-15(22)8-4-13/h3-12H,2H2,1H3,(H,23,26). The second-order valence-electron chi connectivity index (χ2n) is 6.00. The molecule has 0 radical (unpaired) electrons. The molecule has 2 aromatic heterocycles. The van der Waals surface area contributed by atoms with Gasteiger partial charge in [-0.05, 0) is 66.9 Å². The van der Waals surface area contributed by atoms with Crippen LogP contribution in [0.3, 0.4) is 0 Å². The van der Waals surface area contributed by atoms with Gasteiger partial charge in [0, 0.05) is 11.1 Å². The van der Waals surface area contributed by atoms with Crippen LogP contribution in [0.1, 0.15) is 17.3 Å². The number of hydrogen-bond acceptors (Lipinski definition) is 6. The lowest BCUT2D eigenvalue weighted by Gasteiger charge is -2.06. The Morgan fingerprint density at radius 3 is 2.62 bits per heavy atom. The average molecular weight is 409 g/mol. The van der Waals surface area contributed by atoms with E-state index in [-0.39, 0.29) is 17.6 Å². The second kappa shape index (κ2) is 8.24. The molecule has 0 unspecified atom stereocenters. The van der Waals surface area contributed by atoms with E-state index in [9.17, 15) is 9.18 Å². The molecule has 0 aliphatic heterocycles. The Morgan fingerprint density at radius 1 is 1.14 bits per heavy atom. The molecule has 0 saturated carbocycles. The summed E-state index contributed by atoms with van der Waals surface area (Å²) in [5.41, 5.74) is 1.71. The van der Waals surface area contributed by atoms with Crippen LogP contribution in [-0.2, 0) is 0 Å². The van der Waals surface area contributed by atoms with Crippen molar-refractivity contribution in [1.82, 2.24) is 10.1 Å². The molecule has 0 spiro atoms. The van der Waals surface area contributed by atoms with Crippen molar-refractivity contribution in [3.8, 4) is 27.9 Å². The third-order valence-corrected chi connectivity index (χ3v) is 4.97. The van der Waals surface area contributed by atoms with Crippen LogP contribution in [0.25, 0.3) is 22.2 Å². The molecule has 4 aromatic rings. The minimum Gasteiger partial charge on any atom is -0.494 e. The molecular formula is C21H16FN3O3S. The number of aromatic nitrogens is 2. The van der Waals surface area contributed by atoms with Crippen LogP contribution in [0.15, 0.2) is 64.5 Å². The first-order valence-corrected chi connectivity index (χ1v) is 9.73. The smallest absolute Gasteiger partial charge is 0.270 e. The molecule has 1 N–H and O–H groups in total. The quantitative estimate of drug-likeness (QED) is 0.470. The van der Waals surface area contributed by atoms with Crippen LogP contribution < -0.4 is 10.1 Å². The molecule has 0 fully saturated rings. The van der Waals surface area contributed by atoms with Crippen molar-refractivity contribution in [2.45, 2.75) is 6.92 Å². The zero-order valence-electron chi connectivity index (χ0n) is 15.4. The summed E-state index contributed by atoms with van der Waals surface area (Å²) < 4.78 is 23.8. The number of rotatable bonds is 6. The van der Waals surface area contributed by atoms with Crippen LogP contribution in [0.4, 0.5) is 10.1 Å². The summed E-state index contributed by atoms with van der Waals surface area (Å²) >= 11 is 1.37. The molecule has 146 valence electrons. The van der Waals surface area contributed by atoms with E-state index in [1.807, 2.05) is 12.3 Å². The number of halogens is 1. The lowest BCUT2D eigenvalue weighted by Crippen LogP contribution is -2.11. The van der Waals surface area contributed by atoms with E-state index in [1.54, 1.807) is 42.5 Å². The fourth-order valence-electron chi connectivity index (χ4n) is 2.67. The number of carbonyl (C=O) groups is 1. The zero-order valence-corrected chi connectivity index (χ0v) is 16.2. The van der Waals surface area contributed by atoms with Gasteiger partial charge in [0.2, 0.25) is 5.82 Å². The molecule has 8 heteroatoms. The van der Waals surface area contributed by atoms with Gasteiger partial charge in [-0.15, -0.1) is 11.3 Å². The molecule has 4 rings (SSSR count). The largest absolute Gasteiger partial charge is 0.494 e. The normalized spacial score (nSPS) is 10.7. The van der Waals surface area contributed by atoms with Gasteiger partial charge in [0.05, 0.1) is 12.3 Å². The zero-order chi connectivity index (χ0) is 20.2. The van der Waals surface area contributed by atoms with Crippen molar-refractivity contribution in [3.05, 3.63) is 71.4 Å². The predicted molar refractivity (Wildman–Crippen MR) is 109 cm³/mol. The number of amides is 1.